The van der Waals surface area contributed by atoms with Gasteiger partial charge in [0.25, 0.3) is 23.6 Å². The molecule has 5 unspecified atom stereocenters. The maximum absolute atomic E-state index is 13.5. The fourth-order valence-electron chi connectivity index (χ4n) is 23.2. The van der Waals surface area contributed by atoms with Crippen LogP contribution in [0.5, 0.6) is 0 Å². The first-order chi connectivity index (χ1) is 68.0. The van der Waals surface area contributed by atoms with Crippen molar-refractivity contribution in [1.82, 2.24) is 9.97 Å². The number of benzene rings is 8. The Hall–Kier alpha value is -13.5. The highest BCUT2D eigenvalue weighted by atomic mass is 32.2. The highest BCUT2D eigenvalue weighted by Gasteiger charge is 2.41. The molecule has 15 aliphatic rings. The molecule has 2 aromatic heterocycles. The average molecular weight is 1990 g/mol. The molecule has 0 fully saturated rings. The molecule has 10 amide bonds. The summed E-state index contributed by atoms with van der Waals surface area (Å²) in [6, 6.07) is 33.1. The van der Waals surface area contributed by atoms with E-state index < -0.39 is 102 Å². The smallest absolute Gasteiger partial charge is 0.337 e. The Balaban J connectivity index is 0.000000105. The Morgan fingerprint density at radius 1 is 0.319 bits per heavy atom. The van der Waals surface area contributed by atoms with Gasteiger partial charge in [-0.3, -0.25) is 52.9 Å². The van der Waals surface area contributed by atoms with E-state index in [9.17, 15) is 73.8 Å². The number of amides is 10. The summed E-state index contributed by atoms with van der Waals surface area (Å²) in [4.78, 5) is 146. The highest BCUT2D eigenvalue weighted by Crippen LogP contribution is 2.46. The summed E-state index contributed by atoms with van der Waals surface area (Å²) < 4.78 is 90.2. The topological polar surface area (TPSA) is 454 Å². The van der Waals surface area contributed by atoms with E-state index >= 15 is 0 Å². The third-order valence-corrected chi connectivity index (χ3v) is 40.0. The van der Waals surface area contributed by atoms with Gasteiger partial charge in [0.2, 0.25) is 29.5 Å². The lowest BCUT2D eigenvalue weighted by atomic mass is 9.98. The second-order valence-corrected chi connectivity index (χ2v) is 49.0. The van der Waals surface area contributed by atoms with E-state index in [0.717, 1.165) is 215 Å². The van der Waals surface area contributed by atoms with Gasteiger partial charge in [-0.25, -0.2) is 30.8 Å². The number of fused-ring (bicyclic) bond motifs is 16. The standard InChI is InChI=1S/C23H22N2O5S.C22H19N3O3S.C21H20N2O3S.2C20H19N3O3S/c1-30-23(28)15-8-9-18-19(11-15)31(29,25-22(18)27)12-20(26)24-21-16-6-2-4-13(16)10-14-5-3-7-17(14)21;23-11-13-7-8-19-18(9-13)22(27)25-29(19,28)12-20(26)24-21-16-5-1-3-14(16)10-15-4-2-6-17(15)21;24-20(12-27(26)19-10-2-1-6-17(19)21(25)23-27)22-18-11-13-5-3-7-14(13)15-8-4-9-16(15)18;24-17(11-27(26)16-8-3-9-21-19(16)20(25)23-27)22-18-14-6-1-4-12(14)10-13-5-2-7-15(13)18;24-18(11-27(26)17-10-21-8-7-16(17)20(25)23-27)22-19-14-5-1-3-12(14)9-13-4-2-6-15(13)19/h8-11H,2-7,12H2,1H3,(H,24,26);7-10H,1-6,12H2,(H,24,26);1-2,6,10-11H,3-5,7-9,12H2,(H,22,24);3,8-10H,1-2,4-7,11H2,(H,22,24);7-10H,1-6,11H2,(H,22,24). The highest BCUT2D eigenvalue weighted by molar-refractivity contribution is 7.96. The van der Waals surface area contributed by atoms with Crippen molar-refractivity contribution in [3.05, 3.63) is 278 Å². The van der Waals surface area contributed by atoms with Crippen LogP contribution in [0.25, 0.3) is 0 Å². The molecule has 5 N–H and O–H groups in total. The van der Waals surface area contributed by atoms with Crippen molar-refractivity contribution in [1.29, 1.82) is 5.26 Å². The Labute approximate surface area is 815 Å². The van der Waals surface area contributed by atoms with Crippen LogP contribution >= 0.6 is 0 Å². The molecular formula is C106H99N13O17S5. The summed E-state index contributed by atoms with van der Waals surface area (Å²) in [5.74, 6) is -7.14. The van der Waals surface area contributed by atoms with Crippen molar-refractivity contribution in [2.24, 2.45) is 21.8 Å². The van der Waals surface area contributed by atoms with Crippen LogP contribution in [0.3, 0.4) is 0 Å². The number of nitriles is 1. The molecule has 0 radical (unpaired) electrons. The number of nitrogens with one attached hydrogen (secondary N) is 5. The van der Waals surface area contributed by atoms with Gasteiger partial charge in [-0.05, 0) is 377 Å². The third kappa shape index (κ3) is 17.6. The van der Waals surface area contributed by atoms with Crippen LogP contribution in [0.15, 0.2) is 174 Å². The molecule has 5 aliphatic heterocycles. The van der Waals surface area contributed by atoms with Crippen LogP contribution in [-0.2, 0) is 206 Å². The maximum atomic E-state index is 13.5. The summed E-state index contributed by atoms with van der Waals surface area (Å²) in [5, 5.41) is 24.1. The van der Waals surface area contributed by atoms with Gasteiger partial charge in [0, 0.05) is 47.0 Å². The van der Waals surface area contributed by atoms with E-state index in [-0.39, 0.29) is 88.3 Å². The van der Waals surface area contributed by atoms with Gasteiger partial charge in [-0.2, -0.15) is 27.1 Å². The summed E-state index contributed by atoms with van der Waals surface area (Å²) in [5.41, 5.74) is 31.5. The molecule has 141 heavy (non-hydrogen) atoms. The van der Waals surface area contributed by atoms with E-state index in [0.29, 0.717) is 16.0 Å². The number of hydrogen-bond donors (Lipinski definition) is 5. The Kier molecular flexibility index (Phi) is 24.9. The Morgan fingerprint density at radius 3 is 1.10 bits per heavy atom. The first-order valence-corrected chi connectivity index (χ1v) is 56.5. The lowest BCUT2D eigenvalue weighted by molar-refractivity contribution is -0.114. The minimum Gasteiger partial charge on any atom is -0.465 e. The van der Waals surface area contributed by atoms with Gasteiger partial charge in [0.05, 0.1) is 120 Å². The number of ether oxygens (including phenoxy) is 1. The van der Waals surface area contributed by atoms with E-state index in [4.69, 9.17) is 10.00 Å². The largest absolute Gasteiger partial charge is 0.465 e. The van der Waals surface area contributed by atoms with Crippen LogP contribution in [0.1, 0.15) is 243 Å². The number of rotatable bonds is 16. The molecule has 5 atom stereocenters. The second-order valence-electron chi connectivity index (χ2n) is 38.1. The third-order valence-electron chi connectivity index (χ3n) is 29.3. The van der Waals surface area contributed by atoms with Gasteiger partial charge >= 0.3 is 11.9 Å². The molecule has 0 saturated heterocycles. The van der Waals surface area contributed by atoms with Crippen molar-refractivity contribution in [3.8, 4) is 6.07 Å². The number of methoxy groups -OCH3 is 1. The zero-order chi connectivity index (χ0) is 97.7. The number of aryl methyl sites for hydroxylation is 9. The normalized spacial score (nSPS) is 21.6. The van der Waals surface area contributed by atoms with Crippen LogP contribution in [0.4, 0.5) is 28.4 Å². The van der Waals surface area contributed by atoms with Gasteiger partial charge in [-0.1, -0.05) is 36.4 Å². The van der Waals surface area contributed by atoms with E-state index in [1.807, 2.05) is 6.07 Å². The predicted octanol–water partition coefficient (Wildman–Crippen LogP) is 14.9. The first-order valence-electron chi connectivity index (χ1n) is 48.1. The molecule has 0 saturated carbocycles. The summed E-state index contributed by atoms with van der Waals surface area (Å²) in [7, 11) is -14.5. The Bertz CT molecular complexity index is 7790. The second kappa shape index (κ2) is 37.5. The minimum atomic E-state index is -3.32. The van der Waals surface area contributed by atoms with Gasteiger partial charge in [0.15, 0.2) is 0 Å². The molecule has 25 rings (SSSR count). The van der Waals surface area contributed by atoms with E-state index in [1.165, 1.54) is 186 Å². The number of anilines is 5. The van der Waals surface area contributed by atoms with Gasteiger partial charge in [0.1, 0.15) is 34.5 Å². The maximum Gasteiger partial charge on any atom is 0.337 e. The molecule has 10 aliphatic carbocycles. The fourth-order valence-corrected chi connectivity index (χ4v) is 32.5. The molecule has 720 valence electrons. The number of nitrogens with zero attached hydrogens (tertiary/aromatic N) is 8. The van der Waals surface area contributed by atoms with E-state index in [2.05, 4.69) is 88.7 Å². The first kappa shape index (κ1) is 93.8. The number of carbonyl (C=O) groups is 11. The van der Waals surface area contributed by atoms with Gasteiger partial charge < -0.3 is 31.3 Å². The van der Waals surface area contributed by atoms with Crippen molar-refractivity contribution < 1.29 is 78.5 Å². The van der Waals surface area contributed by atoms with Crippen molar-refractivity contribution in [3.63, 3.8) is 0 Å². The molecule has 8 aromatic carbocycles. The summed E-state index contributed by atoms with van der Waals surface area (Å²) >= 11 is 0. The zero-order valence-electron chi connectivity index (χ0n) is 77.4. The zero-order valence-corrected chi connectivity index (χ0v) is 81.5. The predicted molar refractivity (Wildman–Crippen MR) is 530 cm³/mol. The number of aromatic nitrogens is 2. The number of pyridine rings is 2. The number of hydrogen-bond acceptors (Lipinski definition) is 20. The molecule has 30 nitrogen and oxygen atoms in total. The van der Waals surface area contributed by atoms with Crippen LogP contribution in [0, 0.1) is 11.3 Å². The quantitative estimate of drug-likeness (QED) is 0.0561. The van der Waals surface area contributed by atoms with Crippen LogP contribution < -0.4 is 26.6 Å². The molecule has 10 aromatic rings. The summed E-state index contributed by atoms with van der Waals surface area (Å²) in [6.45, 7) is 0. The van der Waals surface area contributed by atoms with Gasteiger partial charge in [-0.15, -0.1) is 0 Å². The number of carbonyl (C=O) groups excluding carboxylic acids is 11. The summed E-state index contributed by atoms with van der Waals surface area (Å²) in [6.07, 6.45) is 35.3. The monoisotopic (exact) mass is 1990 g/mol. The molecule has 0 spiro atoms. The molecule has 35 heteroatoms. The number of esters is 1. The van der Waals surface area contributed by atoms with Crippen molar-refractivity contribution >= 4 is 142 Å². The lowest BCUT2D eigenvalue weighted by Crippen LogP contribution is -2.24. The van der Waals surface area contributed by atoms with Crippen molar-refractivity contribution in [2.45, 2.75) is 217 Å². The fraction of sp³-hybridized carbons (Fsp3) is 0.340. The average Bonchev–Trinajstić information content (AvgIpc) is 1.63. The van der Waals surface area contributed by atoms with E-state index in [1.54, 1.807) is 36.4 Å². The molecular weight excluding hydrogens is 1890 g/mol. The van der Waals surface area contributed by atoms with Crippen molar-refractivity contribution in [2.75, 3.05) is 62.5 Å². The molecule has 7 heterocycles. The van der Waals surface area contributed by atoms with Crippen LogP contribution in [-0.4, -0.2) is 132 Å². The molecule has 0 bridgehead atoms. The minimum absolute atomic E-state index is 0.0943. The Morgan fingerprint density at radius 2 is 0.660 bits per heavy atom. The lowest BCUT2D eigenvalue weighted by Gasteiger charge is -2.16. The van der Waals surface area contributed by atoms with Crippen LogP contribution in [0.2, 0.25) is 0 Å². The SMILES string of the molecule is COC(=O)c1ccc2c(c1)S(=O)(CC(=O)Nc1c3c(cc4c1CCC4)CCC3)=NC2=O.N#Cc1ccc2c(c1)C(=O)N=S2(=O)CC(=O)Nc1c2c(cc3c1CCC3)CCC2.O=C(CS1(=O)=NC(=O)c2ccccc21)Nc1cc2c(c3c1CCC3)CCC2.O=C(CS1(=O)=NC(=O)c2ccncc21)Nc1c2c(cc3c1CCC3)CCC2.O=C(CS1(=O)=NC(=O)c2ncccc21)Nc1c2c(cc3c1CCC3)CCC2.